The summed E-state index contributed by atoms with van der Waals surface area (Å²) in [5.41, 5.74) is 0.903. The summed E-state index contributed by atoms with van der Waals surface area (Å²) in [4.78, 5) is 10.8. The highest BCUT2D eigenvalue weighted by Gasteiger charge is 2.24. The van der Waals surface area contributed by atoms with E-state index < -0.39 is 10.0 Å². The summed E-state index contributed by atoms with van der Waals surface area (Å²) >= 11 is 0. The minimum absolute atomic E-state index is 0.0672. The summed E-state index contributed by atoms with van der Waals surface area (Å²) < 4.78 is 25.5. The van der Waals surface area contributed by atoms with Crippen LogP contribution in [0.4, 0.5) is 5.82 Å². The van der Waals surface area contributed by atoms with Gasteiger partial charge in [-0.1, -0.05) is 12.1 Å². The summed E-state index contributed by atoms with van der Waals surface area (Å²) in [5.74, 6) is 0.876. The number of piperidine rings is 1. The minimum atomic E-state index is -3.18. The predicted molar refractivity (Wildman–Crippen MR) is 82.8 cm³/mol. The topological polar surface area (TPSA) is 75.2 Å². The van der Waals surface area contributed by atoms with Crippen LogP contribution in [0.15, 0.2) is 30.6 Å². The maximum absolute atomic E-state index is 11.4. The van der Waals surface area contributed by atoms with Crippen LogP contribution in [0.5, 0.6) is 0 Å². The third-order valence-electron chi connectivity index (χ3n) is 3.62. The standard InChI is InChI=1S/C14H18N4O2S/c1-21(19,20)17-11-5-4-8-18(9-11)14-12-6-2-3-7-13(12)15-10-16-14/h2-3,6-7,10-11,17H,4-5,8-9H2,1H3/t11-/m1/s1. The van der Waals surface area contributed by atoms with Crippen molar-refractivity contribution in [2.75, 3.05) is 24.2 Å². The zero-order valence-corrected chi connectivity index (χ0v) is 12.7. The molecule has 0 bridgehead atoms. The van der Waals surface area contributed by atoms with E-state index in [-0.39, 0.29) is 6.04 Å². The molecule has 6 nitrogen and oxygen atoms in total. The lowest BCUT2D eigenvalue weighted by Gasteiger charge is -2.34. The van der Waals surface area contributed by atoms with Gasteiger partial charge in [-0.15, -0.1) is 0 Å². The predicted octanol–water partition coefficient (Wildman–Crippen LogP) is 1.15. The third-order valence-corrected chi connectivity index (χ3v) is 4.38. The molecular weight excluding hydrogens is 288 g/mol. The van der Waals surface area contributed by atoms with Crippen LogP contribution in [0.2, 0.25) is 0 Å². The molecule has 2 aromatic rings. The van der Waals surface area contributed by atoms with Crippen molar-refractivity contribution in [3.05, 3.63) is 30.6 Å². The van der Waals surface area contributed by atoms with Gasteiger partial charge in [-0.25, -0.2) is 23.1 Å². The maximum Gasteiger partial charge on any atom is 0.209 e. The van der Waals surface area contributed by atoms with Crippen LogP contribution in [0.1, 0.15) is 12.8 Å². The first-order chi connectivity index (χ1) is 10.0. The van der Waals surface area contributed by atoms with Gasteiger partial charge in [-0.2, -0.15) is 0 Å². The molecule has 21 heavy (non-hydrogen) atoms. The monoisotopic (exact) mass is 306 g/mol. The Bertz CT molecular complexity index is 742. The molecule has 3 rings (SSSR count). The third kappa shape index (κ3) is 3.30. The van der Waals surface area contributed by atoms with Crippen LogP contribution in [0.25, 0.3) is 10.9 Å². The van der Waals surface area contributed by atoms with Gasteiger partial charge in [0.15, 0.2) is 0 Å². The number of benzene rings is 1. The summed E-state index contributed by atoms with van der Waals surface area (Å²) in [6, 6.07) is 7.80. The second-order valence-electron chi connectivity index (χ2n) is 5.39. The smallest absolute Gasteiger partial charge is 0.209 e. The van der Waals surface area contributed by atoms with Crippen molar-refractivity contribution in [1.29, 1.82) is 0 Å². The zero-order chi connectivity index (χ0) is 14.9. The number of hydrogen-bond donors (Lipinski definition) is 1. The minimum Gasteiger partial charge on any atom is -0.354 e. The molecule has 0 saturated carbocycles. The number of aromatic nitrogens is 2. The van der Waals surface area contributed by atoms with E-state index >= 15 is 0 Å². The molecule has 1 fully saturated rings. The highest BCUT2D eigenvalue weighted by Crippen LogP contribution is 2.25. The number of hydrogen-bond acceptors (Lipinski definition) is 5. The molecule has 2 heterocycles. The molecule has 1 aromatic heterocycles. The average molecular weight is 306 g/mol. The lowest BCUT2D eigenvalue weighted by molar-refractivity contribution is 0.466. The van der Waals surface area contributed by atoms with Gasteiger partial charge in [0.25, 0.3) is 0 Å². The van der Waals surface area contributed by atoms with Crippen LogP contribution >= 0.6 is 0 Å². The van der Waals surface area contributed by atoms with Gasteiger partial charge in [-0.05, 0) is 25.0 Å². The molecule has 1 saturated heterocycles. The zero-order valence-electron chi connectivity index (χ0n) is 11.9. The summed E-state index contributed by atoms with van der Waals surface area (Å²) in [7, 11) is -3.18. The number of rotatable bonds is 3. The van der Waals surface area contributed by atoms with E-state index in [9.17, 15) is 8.42 Å². The summed E-state index contributed by atoms with van der Waals surface area (Å²) in [5, 5.41) is 1.00. The number of fused-ring (bicyclic) bond motifs is 1. The van der Waals surface area contributed by atoms with Crippen molar-refractivity contribution in [3.63, 3.8) is 0 Å². The molecule has 1 N–H and O–H groups in total. The van der Waals surface area contributed by atoms with E-state index in [2.05, 4.69) is 19.6 Å². The SMILES string of the molecule is CS(=O)(=O)N[C@@H]1CCCN(c2ncnc3ccccc23)C1. The van der Waals surface area contributed by atoms with Crippen molar-refractivity contribution < 1.29 is 8.42 Å². The Kier molecular flexibility index (Phi) is 3.77. The van der Waals surface area contributed by atoms with Gasteiger partial charge >= 0.3 is 0 Å². The molecule has 1 atom stereocenters. The first kappa shape index (κ1) is 14.2. The molecular formula is C14H18N4O2S. The summed E-state index contributed by atoms with van der Waals surface area (Å²) in [6.45, 7) is 1.51. The average Bonchev–Trinajstić information content (AvgIpc) is 2.45. The van der Waals surface area contributed by atoms with Gasteiger partial charge in [0.2, 0.25) is 10.0 Å². The number of sulfonamides is 1. The van der Waals surface area contributed by atoms with Crippen molar-refractivity contribution in [2.45, 2.75) is 18.9 Å². The second-order valence-corrected chi connectivity index (χ2v) is 7.17. The van der Waals surface area contributed by atoms with E-state index in [0.717, 1.165) is 36.1 Å². The van der Waals surface area contributed by atoms with Crippen LogP contribution < -0.4 is 9.62 Å². The van der Waals surface area contributed by atoms with Gasteiger partial charge < -0.3 is 4.90 Å². The molecule has 1 aliphatic rings. The fourth-order valence-electron chi connectivity index (χ4n) is 2.81. The van der Waals surface area contributed by atoms with Gasteiger partial charge in [-0.3, -0.25) is 0 Å². The maximum atomic E-state index is 11.4. The first-order valence-electron chi connectivity index (χ1n) is 6.95. The highest BCUT2D eigenvalue weighted by molar-refractivity contribution is 7.88. The van der Waals surface area contributed by atoms with Crippen LogP contribution in [0.3, 0.4) is 0 Å². The lowest BCUT2D eigenvalue weighted by atomic mass is 10.1. The van der Waals surface area contributed by atoms with E-state index in [1.54, 1.807) is 6.33 Å². The Hall–Kier alpha value is -1.73. The van der Waals surface area contributed by atoms with Crippen LogP contribution in [-0.2, 0) is 10.0 Å². The van der Waals surface area contributed by atoms with Gasteiger partial charge in [0.05, 0.1) is 11.8 Å². The molecule has 0 spiro atoms. The number of anilines is 1. The van der Waals surface area contributed by atoms with E-state index in [0.29, 0.717) is 6.54 Å². The molecule has 0 aliphatic carbocycles. The van der Waals surface area contributed by atoms with Crippen molar-refractivity contribution in [3.8, 4) is 0 Å². The fourth-order valence-corrected chi connectivity index (χ4v) is 3.61. The Balaban J connectivity index is 1.88. The van der Waals surface area contributed by atoms with E-state index in [1.165, 1.54) is 6.26 Å². The molecule has 0 unspecified atom stereocenters. The van der Waals surface area contributed by atoms with Crippen LogP contribution in [0, 0.1) is 0 Å². The number of nitrogens with one attached hydrogen (secondary N) is 1. The molecule has 0 radical (unpaired) electrons. The number of nitrogens with zero attached hydrogens (tertiary/aromatic N) is 3. The molecule has 112 valence electrons. The van der Waals surface area contributed by atoms with Crippen molar-refractivity contribution >= 4 is 26.7 Å². The van der Waals surface area contributed by atoms with Crippen LogP contribution in [-0.4, -0.2) is 43.8 Å². The second kappa shape index (κ2) is 5.57. The quantitative estimate of drug-likeness (QED) is 0.920. The van der Waals surface area contributed by atoms with E-state index in [4.69, 9.17) is 0 Å². The number of para-hydroxylation sites is 1. The summed E-state index contributed by atoms with van der Waals surface area (Å²) in [6.07, 6.45) is 4.55. The lowest BCUT2D eigenvalue weighted by Crippen LogP contribution is -2.47. The molecule has 0 amide bonds. The normalized spacial score (nSPS) is 19.9. The fraction of sp³-hybridized carbons (Fsp3) is 0.429. The van der Waals surface area contributed by atoms with E-state index in [1.807, 2.05) is 24.3 Å². The molecule has 1 aromatic carbocycles. The first-order valence-corrected chi connectivity index (χ1v) is 8.84. The Morgan fingerprint density at radius 2 is 2.10 bits per heavy atom. The molecule has 7 heteroatoms. The highest BCUT2D eigenvalue weighted by atomic mass is 32.2. The Labute approximate surface area is 124 Å². The van der Waals surface area contributed by atoms with Gasteiger partial charge in [0.1, 0.15) is 12.1 Å². The Morgan fingerprint density at radius 1 is 1.29 bits per heavy atom. The van der Waals surface area contributed by atoms with Crippen molar-refractivity contribution in [2.24, 2.45) is 0 Å². The van der Waals surface area contributed by atoms with Gasteiger partial charge in [0, 0.05) is 24.5 Å². The Morgan fingerprint density at radius 3 is 2.90 bits per heavy atom. The van der Waals surface area contributed by atoms with Crippen molar-refractivity contribution in [1.82, 2.24) is 14.7 Å². The largest absolute Gasteiger partial charge is 0.354 e. The molecule has 1 aliphatic heterocycles.